The Morgan fingerprint density at radius 2 is 1.59 bits per heavy atom. The molecule has 2 N–H and O–H groups in total. The number of rotatable bonds is 8. The Balaban J connectivity index is 1.75. The fourth-order valence-corrected chi connectivity index (χ4v) is 3.13. The summed E-state index contributed by atoms with van der Waals surface area (Å²) in [5.74, 6) is -0.946. The largest absolute Gasteiger partial charge is 0.378 e. The average molecular weight is 473 g/mol. The first kappa shape index (κ1) is 24.5. The van der Waals surface area contributed by atoms with Crippen molar-refractivity contribution in [3.8, 4) is 0 Å². The van der Waals surface area contributed by atoms with E-state index in [4.69, 9.17) is 11.6 Å². The van der Waals surface area contributed by atoms with Crippen molar-refractivity contribution in [3.05, 3.63) is 112 Å². The predicted molar refractivity (Wildman–Crippen MR) is 140 cm³/mol. The van der Waals surface area contributed by atoms with Crippen molar-refractivity contribution in [3.63, 3.8) is 0 Å². The van der Waals surface area contributed by atoms with E-state index in [0.717, 1.165) is 16.8 Å². The number of nitrogens with zero attached hydrogens (tertiary/aromatic N) is 2. The molecule has 0 spiro atoms. The van der Waals surface area contributed by atoms with Crippen LogP contribution >= 0.6 is 11.6 Å². The Kier molecular flexibility index (Phi) is 8.77. The molecule has 3 aromatic rings. The summed E-state index contributed by atoms with van der Waals surface area (Å²) in [7, 11) is 3.89. The molecule has 2 amide bonds. The van der Waals surface area contributed by atoms with Crippen LogP contribution in [0, 0.1) is 0 Å². The summed E-state index contributed by atoms with van der Waals surface area (Å²) in [6, 6.07) is 23.7. The van der Waals surface area contributed by atoms with Crippen LogP contribution in [0.2, 0.25) is 5.02 Å². The number of carbonyl (C=O) groups excluding carboxylic acids is 2. The molecule has 3 aromatic carbocycles. The molecule has 34 heavy (non-hydrogen) atoms. The maximum absolute atomic E-state index is 12.8. The van der Waals surface area contributed by atoms with Gasteiger partial charge in [0, 0.05) is 36.6 Å². The molecule has 0 saturated carbocycles. The fourth-order valence-electron chi connectivity index (χ4n) is 2.93. The molecule has 0 heterocycles. The highest BCUT2D eigenvalue weighted by atomic mass is 35.5. The van der Waals surface area contributed by atoms with E-state index in [1.807, 2.05) is 67.5 Å². The van der Waals surface area contributed by atoms with Crippen molar-refractivity contribution < 1.29 is 9.59 Å². The lowest BCUT2D eigenvalue weighted by atomic mass is 10.1. The number of nitrogens with one attached hydrogen (secondary N) is 2. The van der Waals surface area contributed by atoms with E-state index in [0.29, 0.717) is 10.6 Å². The Bertz CT molecular complexity index is 1220. The van der Waals surface area contributed by atoms with Gasteiger partial charge in [0.15, 0.2) is 0 Å². The molecule has 7 heteroatoms. The van der Waals surface area contributed by atoms with Gasteiger partial charge in [-0.3, -0.25) is 9.59 Å². The second-order valence-electron chi connectivity index (χ2n) is 7.46. The number of anilines is 1. The van der Waals surface area contributed by atoms with Gasteiger partial charge in [-0.2, -0.15) is 5.10 Å². The van der Waals surface area contributed by atoms with Crippen molar-refractivity contribution in [2.24, 2.45) is 5.10 Å². The van der Waals surface area contributed by atoms with E-state index in [-0.39, 0.29) is 5.70 Å². The van der Waals surface area contributed by atoms with E-state index in [1.165, 1.54) is 6.21 Å². The maximum atomic E-state index is 12.8. The molecular formula is C27H25ClN4O2. The van der Waals surface area contributed by atoms with Gasteiger partial charge in [-0.1, -0.05) is 66.2 Å². The third-order valence-electron chi connectivity index (χ3n) is 4.76. The number of hydrogen-bond acceptors (Lipinski definition) is 4. The molecule has 3 rings (SSSR count). The van der Waals surface area contributed by atoms with Crippen LogP contribution in [0.4, 0.5) is 5.69 Å². The average Bonchev–Trinajstić information content (AvgIpc) is 2.85. The molecule has 0 aromatic heterocycles. The molecule has 0 aliphatic carbocycles. The zero-order chi connectivity index (χ0) is 24.3. The lowest BCUT2D eigenvalue weighted by Crippen LogP contribution is -2.32. The van der Waals surface area contributed by atoms with Crippen molar-refractivity contribution in [1.82, 2.24) is 10.7 Å². The van der Waals surface area contributed by atoms with Gasteiger partial charge in [-0.15, -0.1) is 0 Å². The van der Waals surface area contributed by atoms with Gasteiger partial charge in [0.05, 0.1) is 0 Å². The summed E-state index contributed by atoms with van der Waals surface area (Å²) in [5.41, 5.74) is 5.56. The number of benzene rings is 3. The number of hydrogen-bond donors (Lipinski definition) is 2. The fraction of sp³-hybridized carbons (Fsp3) is 0.0741. The minimum atomic E-state index is -0.552. The Morgan fingerprint density at radius 3 is 2.26 bits per heavy atom. The van der Waals surface area contributed by atoms with Crippen LogP contribution in [0.15, 0.2) is 95.7 Å². The van der Waals surface area contributed by atoms with Gasteiger partial charge in [0.25, 0.3) is 11.8 Å². The summed E-state index contributed by atoms with van der Waals surface area (Å²) in [6.45, 7) is 0. The molecular weight excluding hydrogens is 448 g/mol. The number of allylic oxidation sites excluding steroid dienone is 1. The topological polar surface area (TPSA) is 73.8 Å². The first-order valence-corrected chi connectivity index (χ1v) is 10.9. The van der Waals surface area contributed by atoms with Crippen LogP contribution in [-0.2, 0) is 4.79 Å². The van der Waals surface area contributed by atoms with Crippen LogP contribution in [0.3, 0.4) is 0 Å². The molecule has 0 aliphatic heterocycles. The van der Waals surface area contributed by atoms with Crippen molar-refractivity contribution >= 4 is 47.5 Å². The summed E-state index contributed by atoms with van der Waals surface area (Å²) < 4.78 is 0. The zero-order valence-corrected chi connectivity index (χ0v) is 19.7. The van der Waals surface area contributed by atoms with Crippen molar-refractivity contribution in [2.45, 2.75) is 0 Å². The second-order valence-corrected chi connectivity index (χ2v) is 7.87. The zero-order valence-electron chi connectivity index (χ0n) is 18.9. The number of carbonyl (C=O) groups is 2. The van der Waals surface area contributed by atoms with Crippen LogP contribution in [-0.4, -0.2) is 32.1 Å². The quantitative estimate of drug-likeness (QED) is 0.275. The smallest absolute Gasteiger partial charge is 0.287 e. The highest BCUT2D eigenvalue weighted by molar-refractivity contribution is 6.32. The third-order valence-corrected chi connectivity index (χ3v) is 5.10. The molecule has 0 saturated heterocycles. The van der Waals surface area contributed by atoms with Crippen molar-refractivity contribution in [1.29, 1.82) is 0 Å². The summed E-state index contributed by atoms with van der Waals surface area (Å²) in [4.78, 5) is 27.4. The highest BCUT2D eigenvalue weighted by Gasteiger charge is 2.14. The number of amides is 2. The molecule has 0 unspecified atom stereocenters. The van der Waals surface area contributed by atoms with Gasteiger partial charge in [0.1, 0.15) is 5.70 Å². The Morgan fingerprint density at radius 1 is 0.912 bits per heavy atom. The van der Waals surface area contributed by atoms with E-state index in [2.05, 4.69) is 15.8 Å². The Hall–Kier alpha value is -4.16. The summed E-state index contributed by atoms with van der Waals surface area (Å²) in [5, 5.41) is 7.24. The molecule has 0 aliphatic rings. The third kappa shape index (κ3) is 7.18. The minimum absolute atomic E-state index is 0.0682. The van der Waals surface area contributed by atoms with Gasteiger partial charge >= 0.3 is 0 Å². The molecule has 0 bridgehead atoms. The van der Waals surface area contributed by atoms with Crippen molar-refractivity contribution in [2.75, 3.05) is 19.0 Å². The molecule has 0 atom stereocenters. The van der Waals surface area contributed by atoms with E-state index in [9.17, 15) is 9.59 Å². The van der Waals surface area contributed by atoms with Gasteiger partial charge < -0.3 is 10.2 Å². The lowest BCUT2D eigenvalue weighted by Gasteiger charge is -2.12. The molecule has 6 nitrogen and oxygen atoms in total. The monoisotopic (exact) mass is 472 g/mol. The van der Waals surface area contributed by atoms with Gasteiger partial charge in [-0.25, -0.2) is 5.43 Å². The molecule has 172 valence electrons. The van der Waals surface area contributed by atoms with Gasteiger partial charge in [0.2, 0.25) is 0 Å². The summed E-state index contributed by atoms with van der Waals surface area (Å²) in [6.07, 6.45) is 6.47. The van der Waals surface area contributed by atoms with E-state index < -0.39 is 11.8 Å². The Labute approximate surface area is 204 Å². The standard InChI is InChI=1S/C27H25ClN4O2/c1-32(2)23-16-14-20(15-17-23)19-25(30-26(33)22-10-4-3-5-11-22)27(34)31-29-18-8-12-21-9-6-7-13-24(21)28/h3-19H,1-2H3,(H,30,33)(H,31,34)/b12-8+,25-19-,29-18+. The number of halogens is 1. The van der Waals surface area contributed by atoms with E-state index in [1.54, 1.807) is 48.6 Å². The van der Waals surface area contributed by atoms with E-state index >= 15 is 0 Å². The normalized spacial score (nSPS) is 11.6. The molecule has 0 fully saturated rings. The first-order valence-electron chi connectivity index (χ1n) is 10.5. The minimum Gasteiger partial charge on any atom is -0.378 e. The van der Waals surface area contributed by atoms with Crippen LogP contribution in [0.1, 0.15) is 21.5 Å². The number of hydrazone groups is 1. The SMILES string of the molecule is CN(C)c1ccc(/C=C(\NC(=O)c2ccccc2)C(=O)N/N=C/C=C/c2ccccc2Cl)cc1. The second kappa shape index (κ2) is 12.2. The molecule has 0 radical (unpaired) electrons. The van der Waals surface area contributed by atoms with Crippen LogP contribution in [0.25, 0.3) is 12.2 Å². The highest BCUT2D eigenvalue weighted by Crippen LogP contribution is 2.16. The first-order chi connectivity index (χ1) is 16.4. The predicted octanol–water partition coefficient (Wildman–Crippen LogP) is 4.99. The van der Waals surface area contributed by atoms with Crippen LogP contribution < -0.4 is 15.6 Å². The van der Waals surface area contributed by atoms with Crippen LogP contribution in [0.5, 0.6) is 0 Å². The maximum Gasteiger partial charge on any atom is 0.287 e. The van der Waals surface area contributed by atoms with Gasteiger partial charge in [-0.05, 0) is 53.6 Å². The lowest BCUT2D eigenvalue weighted by molar-refractivity contribution is -0.117. The summed E-state index contributed by atoms with van der Waals surface area (Å²) >= 11 is 6.12.